The molecular formula is C39H44FN5O7S. The van der Waals surface area contributed by atoms with Crippen molar-refractivity contribution in [3.05, 3.63) is 65.5 Å². The van der Waals surface area contributed by atoms with E-state index in [0.717, 1.165) is 36.6 Å². The number of hydrogen-bond acceptors (Lipinski definition) is 9. The summed E-state index contributed by atoms with van der Waals surface area (Å²) >= 11 is 0. The zero-order chi connectivity index (χ0) is 37.4. The number of nitrogens with one attached hydrogen (secondary N) is 1. The molecule has 0 unspecified atom stereocenters. The van der Waals surface area contributed by atoms with Gasteiger partial charge in [0.15, 0.2) is 5.82 Å². The van der Waals surface area contributed by atoms with Gasteiger partial charge in [0, 0.05) is 29.7 Å². The molecule has 2 aliphatic carbocycles. The van der Waals surface area contributed by atoms with E-state index in [4.69, 9.17) is 19.9 Å². The second-order valence-electron chi connectivity index (χ2n) is 14.6. The SMILES string of the molecule is Cc1ccc2oc3c(O[C@@H]4C[C@@H](C(N)=O)N(C(=O)CCCCCC/C=C\[C@@H]5C[C@@H]5C(=O)NS(=O)(=O)C5CC5)C4)nc(-c4ccc(C)c(F)c4)nc3c2c1. The molecule has 4 aromatic rings. The molecule has 4 atom stereocenters. The Morgan fingerprint density at radius 3 is 2.60 bits per heavy atom. The van der Waals surface area contributed by atoms with Crippen LogP contribution in [0.4, 0.5) is 4.39 Å². The third-order valence-corrected chi connectivity index (χ3v) is 12.2. The van der Waals surface area contributed by atoms with Crippen molar-refractivity contribution in [2.75, 3.05) is 6.54 Å². The lowest BCUT2D eigenvalue weighted by molar-refractivity contribution is -0.137. The third kappa shape index (κ3) is 8.22. The summed E-state index contributed by atoms with van der Waals surface area (Å²) in [7, 11) is -3.51. The molecule has 0 bridgehead atoms. The number of carbonyl (C=O) groups excluding carboxylic acids is 3. The minimum Gasteiger partial charge on any atom is -0.470 e. The minimum atomic E-state index is -3.51. The van der Waals surface area contributed by atoms with Gasteiger partial charge >= 0.3 is 0 Å². The molecule has 3 amide bonds. The van der Waals surface area contributed by atoms with E-state index in [2.05, 4.69) is 9.71 Å². The minimum absolute atomic E-state index is 0.0802. The van der Waals surface area contributed by atoms with E-state index >= 15 is 0 Å². The molecular weight excluding hydrogens is 702 g/mol. The number of nitrogens with two attached hydrogens (primary N) is 1. The number of furan rings is 1. The number of sulfonamides is 1. The van der Waals surface area contributed by atoms with Gasteiger partial charge in [-0.3, -0.25) is 19.1 Å². The predicted octanol–water partition coefficient (Wildman–Crippen LogP) is 5.77. The molecule has 53 heavy (non-hydrogen) atoms. The fourth-order valence-electron chi connectivity index (χ4n) is 6.97. The van der Waals surface area contributed by atoms with Gasteiger partial charge in [0.05, 0.1) is 11.8 Å². The highest BCUT2D eigenvalue weighted by Gasteiger charge is 2.45. The number of ether oxygens (including phenoxy) is 1. The molecule has 14 heteroatoms. The second kappa shape index (κ2) is 14.9. The summed E-state index contributed by atoms with van der Waals surface area (Å²) in [6.07, 6.45) is 9.92. The number of aryl methyl sites for hydroxylation is 2. The molecule has 2 saturated carbocycles. The van der Waals surface area contributed by atoms with Crippen LogP contribution in [0.2, 0.25) is 0 Å². The number of allylic oxidation sites excluding steroid dienone is 2. The molecule has 0 radical (unpaired) electrons. The predicted molar refractivity (Wildman–Crippen MR) is 196 cm³/mol. The number of carbonyl (C=O) groups is 3. The first-order valence-corrected chi connectivity index (χ1v) is 19.9. The van der Waals surface area contributed by atoms with Gasteiger partial charge in [-0.1, -0.05) is 48.8 Å². The Kier molecular flexibility index (Phi) is 10.2. The molecule has 280 valence electrons. The second-order valence-corrected chi connectivity index (χ2v) is 16.6. The zero-order valence-electron chi connectivity index (χ0n) is 29.8. The van der Waals surface area contributed by atoms with Crippen LogP contribution >= 0.6 is 0 Å². The van der Waals surface area contributed by atoms with Crippen LogP contribution in [-0.4, -0.2) is 64.9 Å². The zero-order valence-corrected chi connectivity index (χ0v) is 30.7. The van der Waals surface area contributed by atoms with Crippen LogP contribution in [0.25, 0.3) is 33.5 Å². The van der Waals surface area contributed by atoms with Crippen molar-refractivity contribution in [3.63, 3.8) is 0 Å². The van der Waals surface area contributed by atoms with Crippen LogP contribution in [0.5, 0.6) is 5.88 Å². The summed E-state index contributed by atoms with van der Waals surface area (Å²) in [4.78, 5) is 49.0. The molecule has 2 aromatic heterocycles. The average molecular weight is 746 g/mol. The van der Waals surface area contributed by atoms with Crippen LogP contribution in [-0.2, 0) is 24.4 Å². The summed E-state index contributed by atoms with van der Waals surface area (Å²) in [6.45, 7) is 3.78. The number of aromatic nitrogens is 2. The average Bonchev–Trinajstić information content (AvgIpc) is 4.04. The summed E-state index contributed by atoms with van der Waals surface area (Å²) in [5.41, 5.74) is 9.14. The first-order chi connectivity index (χ1) is 25.4. The number of fused-ring (bicyclic) bond motifs is 3. The van der Waals surface area contributed by atoms with Gasteiger partial charge in [-0.2, -0.15) is 4.98 Å². The highest BCUT2D eigenvalue weighted by molar-refractivity contribution is 7.90. The van der Waals surface area contributed by atoms with Crippen molar-refractivity contribution in [2.45, 2.75) is 95.5 Å². The number of halogens is 1. The van der Waals surface area contributed by atoms with E-state index in [-0.39, 0.29) is 54.7 Å². The van der Waals surface area contributed by atoms with Crippen molar-refractivity contribution in [2.24, 2.45) is 17.6 Å². The topological polar surface area (TPSA) is 175 Å². The molecule has 1 saturated heterocycles. The lowest BCUT2D eigenvalue weighted by Gasteiger charge is -2.21. The first-order valence-electron chi connectivity index (χ1n) is 18.3. The number of benzene rings is 2. The highest BCUT2D eigenvalue weighted by Crippen LogP contribution is 2.41. The number of primary amides is 1. The van der Waals surface area contributed by atoms with E-state index in [9.17, 15) is 27.2 Å². The van der Waals surface area contributed by atoms with E-state index in [0.29, 0.717) is 53.5 Å². The Hall–Kier alpha value is -4.85. The van der Waals surface area contributed by atoms with Crippen molar-refractivity contribution >= 4 is 49.8 Å². The molecule has 0 spiro atoms. The molecule has 3 aliphatic rings. The third-order valence-electron chi connectivity index (χ3n) is 10.3. The van der Waals surface area contributed by atoms with Crippen molar-refractivity contribution < 1.29 is 36.3 Å². The highest BCUT2D eigenvalue weighted by atomic mass is 32.2. The van der Waals surface area contributed by atoms with E-state index in [1.165, 1.54) is 11.0 Å². The number of nitrogens with zero attached hydrogens (tertiary/aromatic N) is 3. The number of hydrogen-bond donors (Lipinski definition) is 2. The summed E-state index contributed by atoms with van der Waals surface area (Å²) in [5.74, 6) is -1.38. The smallest absolute Gasteiger partial charge is 0.262 e. The Balaban J connectivity index is 0.929. The molecule has 3 heterocycles. The van der Waals surface area contributed by atoms with Crippen LogP contribution in [0.15, 0.2) is 53.0 Å². The molecule has 3 fully saturated rings. The lowest BCUT2D eigenvalue weighted by Crippen LogP contribution is -2.43. The maximum Gasteiger partial charge on any atom is 0.262 e. The van der Waals surface area contributed by atoms with E-state index in [1.807, 2.05) is 37.3 Å². The fraction of sp³-hybridized carbons (Fsp3) is 0.462. The van der Waals surface area contributed by atoms with Gasteiger partial charge < -0.3 is 19.8 Å². The number of rotatable bonds is 15. The Labute approximate surface area is 307 Å². The normalized spacial score (nSPS) is 21.5. The van der Waals surface area contributed by atoms with Gasteiger partial charge in [-0.15, -0.1) is 0 Å². The van der Waals surface area contributed by atoms with E-state index < -0.39 is 39.2 Å². The number of unbranched alkanes of at least 4 members (excludes halogenated alkanes) is 4. The van der Waals surface area contributed by atoms with Gasteiger partial charge in [-0.05, 0) is 82.1 Å². The molecule has 12 nitrogen and oxygen atoms in total. The van der Waals surface area contributed by atoms with Crippen molar-refractivity contribution in [1.82, 2.24) is 19.6 Å². The largest absolute Gasteiger partial charge is 0.470 e. The fourth-order valence-corrected chi connectivity index (χ4v) is 8.33. The molecule has 1 aliphatic heterocycles. The molecule has 2 aromatic carbocycles. The van der Waals surface area contributed by atoms with Crippen LogP contribution in [0, 0.1) is 31.5 Å². The van der Waals surface area contributed by atoms with E-state index in [1.54, 1.807) is 19.1 Å². The maximum absolute atomic E-state index is 14.6. The summed E-state index contributed by atoms with van der Waals surface area (Å²) < 4.78 is 53.3. The maximum atomic E-state index is 14.6. The van der Waals surface area contributed by atoms with Gasteiger partial charge in [0.2, 0.25) is 33.3 Å². The first kappa shape index (κ1) is 36.5. The van der Waals surface area contributed by atoms with Gasteiger partial charge in [0.25, 0.3) is 5.88 Å². The standard InChI is InChI=1S/C39H44FN5O7S/c1-22-11-16-32-29(17-22)34-35(52-32)39(43-37(42-34)25-13-12-23(2)30(40)19-25)51-26-20-31(36(41)47)45(21-26)33(46)10-8-6-4-3-5-7-9-24-18-28(24)38(48)44-53(49,50)27-14-15-27/h7,9,11-13,16-17,19,24,26-28,31H,3-6,8,10,14-15,18,20-21H2,1-2H3,(H2,41,47)(H,44,48)/b9-7-/t24-,26-,28+,31+/m1/s1. The summed E-state index contributed by atoms with van der Waals surface area (Å²) in [6, 6.07) is 9.66. The quantitative estimate of drug-likeness (QED) is 0.113. The molecule has 3 N–H and O–H groups in total. The van der Waals surface area contributed by atoms with Crippen molar-refractivity contribution in [1.29, 1.82) is 0 Å². The van der Waals surface area contributed by atoms with Gasteiger partial charge in [0.1, 0.15) is 29.1 Å². The lowest BCUT2D eigenvalue weighted by atomic mass is 10.1. The Morgan fingerprint density at radius 1 is 1.06 bits per heavy atom. The van der Waals surface area contributed by atoms with Crippen LogP contribution in [0.3, 0.4) is 0 Å². The van der Waals surface area contributed by atoms with Crippen molar-refractivity contribution in [3.8, 4) is 17.3 Å². The summed E-state index contributed by atoms with van der Waals surface area (Å²) in [5, 5.41) is 0.346. The monoisotopic (exact) mass is 745 g/mol. The van der Waals surface area contributed by atoms with Crippen LogP contribution < -0.4 is 15.2 Å². The van der Waals surface area contributed by atoms with Crippen LogP contribution in [0.1, 0.15) is 75.3 Å². The number of amides is 3. The Morgan fingerprint density at radius 2 is 1.85 bits per heavy atom. The number of likely N-dealkylation sites (tertiary alicyclic amines) is 1. The molecule has 7 rings (SSSR count). The Bertz CT molecular complexity index is 2220. The van der Waals surface area contributed by atoms with Gasteiger partial charge in [-0.25, -0.2) is 17.8 Å².